The van der Waals surface area contributed by atoms with Gasteiger partial charge in [-0.25, -0.2) is 0 Å². The average molecular weight is 219 g/mol. The Morgan fingerprint density at radius 3 is 2.44 bits per heavy atom. The molecule has 0 atom stereocenters. The fraction of sp³-hybridized carbons (Fsp3) is 0.571. The zero-order valence-corrected chi connectivity index (χ0v) is 9.77. The van der Waals surface area contributed by atoms with Crippen molar-refractivity contribution in [2.24, 2.45) is 11.7 Å². The molecule has 0 heterocycles. The van der Waals surface area contributed by atoms with Crippen molar-refractivity contribution in [2.75, 3.05) is 6.61 Å². The van der Waals surface area contributed by atoms with Crippen LogP contribution in [0.5, 0.6) is 0 Å². The highest BCUT2D eigenvalue weighted by atomic mass is 16.5. The Morgan fingerprint density at radius 1 is 1.06 bits per heavy atom. The van der Waals surface area contributed by atoms with Crippen molar-refractivity contribution >= 4 is 0 Å². The molecule has 0 bridgehead atoms. The molecule has 1 aliphatic rings. The SMILES string of the molecule is N[C@H]1CC[C@H](COCc2ccccc2)CC1. The first kappa shape index (κ1) is 11.6. The van der Waals surface area contributed by atoms with Crippen LogP contribution in [0.1, 0.15) is 31.2 Å². The molecule has 16 heavy (non-hydrogen) atoms. The van der Waals surface area contributed by atoms with Gasteiger partial charge >= 0.3 is 0 Å². The highest BCUT2D eigenvalue weighted by molar-refractivity contribution is 5.13. The molecule has 0 saturated heterocycles. The maximum Gasteiger partial charge on any atom is 0.0717 e. The maximum atomic E-state index is 5.88. The topological polar surface area (TPSA) is 35.2 Å². The summed E-state index contributed by atoms with van der Waals surface area (Å²) in [5, 5.41) is 0. The quantitative estimate of drug-likeness (QED) is 0.845. The Hall–Kier alpha value is -0.860. The third-order valence-corrected chi connectivity index (χ3v) is 3.36. The van der Waals surface area contributed by atoms with Crippen LogP contribution >= 0.6 is 0 Å². The highest BCUT2D eigenvalue weighted by Gasteiger charge is 2.18. The summed E-state index contributed by atoms with van der Waals surface area (Å²) in [5.74, 6) is 0.725. The van der Waals surface area contributed by atoms with Crippen molar-refractivity contribution in [2.45, 2.75) is 38.3 Å². The van der Waals surface area contributed by atoms with Gasteiger partial charge < -0.3 is 10.5 Å². The van der Waals surface area contributed by atoms with E-state index in [4.69, 9.17) is 10.5 Å². The van der Waals surface area contributed by atoms with Crippen LogP contribution in [-0.2, 0) is 11.3 Å². The minimum atomic E-state index is 0.436. The van der Waals surface area contributed by atoms with E-state index in [0.29, 0.717) is 6.04 Å². The molecule has 2 rings (SSSR count). The zero-order valence-electron chi connectivity index (χ0n) is 9.77. The van der Waals surface area contributed by atoms with Gasteiger partial charge in [0.25, 0.3) is 0 Å². The molecule has 1 saturated carbocycles. The summed E-state index contributed by atoms with van der Waals surface area (Å²) >= 11 is 0. The molecular formula is C14H21NO. The van der Waals surface area contributed by atoms with E-state index >= 15 is 0 Å². The summed E-state index contributed by atoms with van der Waals surface area (Å²) in [4.78, 5) is 0. The van der Waals surface area contributed by atoms with Crippen LogP contribution in [0.25, 0.3) is 0 Å². The smallest absolute Gasteiger partial charge is 0.0717 e. The first-order chi connectivity index (χ1) is 7.84. The normalized spacial score (nSPS) is 25.6. The Kier molecular flexibility index (Phi) is 4.37. The summed E-state index contributed by atoms with van der Waals surface area (Å²) in [6, 6.07) is 10.8. The molecule has 2 N–H and O–H groups in total. The zero-order chi connectivity index (χ0) is 11.2. The number of hydrogen-bond acceptors (Lipinski definition) is 2. The lowest BCUT2D eigenvalue weighted by Crippen LogP contribution is -2.28. The van der Waals surface area contributed by atoms with E-state index in [0.717, 1.165) is 19.1 Å². The molecule has 0 amide bonds. The highest BCUT2D eigenvalue weighted by Crippen LogP contribution is 2.23. The monoisotopic (exact) mass is 219 g/mol. The van der Waals surface area contributed by atoms with Crippen LogP contribution in [0, 0.1) is 5.92 Å². The van der Waals surface area contributed by atoms with E-state index in [9.17, 15) is 0 Å². The van der Waals surface area contributed by atoms with Gasteiger partial charge in [0, 0.05) is 12.6 Å². The number of hydrogen-bond donors (Lipinski definition) is 1. The standard InChI is InChI=1S/C14H21NO/c15-14-8-6-13(7-9-14)11-16-10-12-4-2-1-3-5-12/h1-5,13-14H,6-11,15H2/t13-,14-. The fourth-order valence-electron chi connectivity index (χ4n) is 2.27. The van der Waals surface area contributed by atoms with Crippen LogP contribution < -0.4 is 5.73 Å². The first-order valence-electron chi connectivity index (χ1n) is 6.22. The lowest BCUT2D eigenvalue weighted by molar-refractivity contribution is 0.0719. The van der Waals surface area contributed by atoms with Crippen molar-refractivity contribution in [1.82, 2.24) is 0 Å². The van der Waals surface area contributed by atoms with E-state index in [1.54, 1.807) is 0 Å². The Balaban J connectivity index is 1.65. The van der Waals surface area contributed by atoms with Crippen LogP contribution in [0.4, 0.5) is 0 Å². The lowest BCUT2D eigenvalue weighted by Gasteiger charge is -2.25. The lowest BCUT2D eigenvalue weighted by atomic mass is 9.87. The molecule has 2 heteroatoms. The van der Waals surface area contributed by atoms with Gasteiger partial charge in [-0.15, -0.1) is 0 Å². The number of rotatable bonds is 4. The predicted octanol–water partition coefficient (Wildman–Crippen LogP) is 2.72. The van der Waals surface area contributed by atoms with E-state index in [2.05, 4.69) is 24.3 Å². The van der Waals surface area contributed by atoms with E-state index in [1.165, 1.54) is 31.2 Å². The molecule has 0 radical (unpaired) electrons. The minimum absolute atomic E-state index is 0.436. The van der Waals surface area contributed by atoms with Gasteiger partial charge in [0.15, 0.2) is 0 Å². The van der Waals surface area contributed by atoms with Crippen LogP contribution in [0.3, 0.4) is 0 Å². The summed E-state index contributed by atoms with van der Waals surface area (Å²) in [6.07, 6.45) is 4.80. The minimum Gasteiger partial charge on any atom is -0.376 e. The first-order valence-corrected chi connectivity index (χ1v) is 6.22. The average Bonchev–Trinajstić information content (AvgIpc) is 2.33. The van der Waals surface area contributed by atoms with Crippen molar-refractivity contribution in [3.63, 3.8) is 0 Å². The molecule has 1 aliphatic carbocycles. The van der Waals surface area contributed by atoms with Crippen LogP contribution in [0.2, 0.25) is 0 Å². The summed E-state index contributed by atoms with van der Waals surface area (Å²) in [7, 11) is 0. The van der Waals surface area contributed by atoms with E-state index in [-0.39, 0.29) is 0 Å². The fourth-order valence-corrected chi connectivity index (χ4v) is 2.27. The Bertz CT molecular complexity index is 291. The van der Waals surface area contributed by atoms with Gasteiger partial charge in [0.05, 0.1) is 6.61 Å². The molecule has 0 spiro atoms. The van der Waals surface area contributed by atoms with Gasteiger partial charge in [-0.05, 0) is 37.2 Å². The summed E-state index contributed by atoms with van der Waals surface area (Å²) < 4.78 is 5.75. The molecule has 0 aromatic heterocycles. The van der Waals surface area contributed by atoms with Gasteiger partial charge in [0.1, 0.15) is 0 Å². The van der Waals surface area contributed by atoms with Crippen molar-refractivity contribution in [3.05, 3.63) is 35.9 Å². The molecule has 88 valence electrons. The van der Waals surface area contributed by atoms with Gasteiger partial charge in [-0.1, -0.05) is 30.3 Å². The number of ether oxygens (including phenoxy) is 1. The Labute approximate surface area is 97.8 Å². The summed E-state index contributed by atoms with van der Waals surface area (Å²) in [6.45, 7) is 1.63. The molecule has 1 aromatic rings. The molecule has 2 nitrogen and oxygen atoms in total. The van der Waals surface area contributed by atoms with Crippen molar-refractivity contribution < 1.29 is 4.74 Å². The molecule has 1 aromatic carbocycles. The maximum absolute atomic E-state index is 5.88. The van der Waals surface area contributed by atoms with Gasteiger partial charge in [0.2, 0.25) is 0 Å². The Morgan fingerprint density at radius 2 is 1.75 bits per heavy atom. The van der Waals surface area contributed by atoms with Crippen molar-refractivity contribution in [1.29, 1.82) is 0 Å². The molecule has 1 fully saturated rings. The van der Waals surface area contributed by atoms with Crippen molar-refractivity contribution in [3.8, 4) is 0 Å². The third-order valence-electron chi connectivity index (χ3n) is 3.36. The summed E-state index contributed by atoms with van der Waals surface area (Å²) in [5.41, 5.74) is 7.14. The van der Waals surface area contributed by atoms with Crippen LogP contribution in [0.15, 0.2) is 30.3 Å². The molecule has 0 aliphatic heterocycles. The van der Waals surface area contributed by atoms with E-state index < -0.39 is 0 Å². The van der Waals surface area contributed by atoms with Crippen LogP contribution in [-0.4, -0.2) is 12.6 Å². The van der Waals surface area contributed by atoms with E-state index in [1.807, 2.05) is 6.07 Å². The van der Waals surface area contributed by atoms with Gasteiger partial charge in [-0.3, -0.25) is 0 Å². The molecular weight excluding hydrogens is 198 g/mol. The second-order valence-electron chi connectivity index (χ2n) is 4.78. The largest absolute Gasteiger partial charge is 0.376 e. The number of nitrogens with two attached hydrogens (primary N) is 1. The second-order valence-corrected chi connectivity index (χ2v) is 4.78. The number of benzene rings is 1. The predicted molar refractivity (Wildman–Crippen MR) is 66.0 cm³/mol. The third kappa shape index (κ3) is 3.62. The second kappa shape index (κ2) is 6.02. The molecule has 0 unspecified atom stereocenters. The van der Waals surface area contributed by atoms with Gasteiger partial charge in [-0.2, -0.15) is 0 Å².